The van der Waals surface area contributed by atoms with Gasteiger partial charge in [0.2, 0.25) is 0 Å². The van der Waals surface area contributed by atoms with Crippen molar-refractivity contribution in [3.05, 3.63) is 29.8 Å². The Morgan fingerprint density at radius 1 is 1.53 bits per heavy atom. The second-order valence-corrected chi connectivity index (χ2v) is 3.87. The molecule has 0 heterocycles. The summed E-state index contributed by atoms with van der Waals surface area (Å²) >= 11 is 1.51. The molecular weight excluding hydrogens is 208 g/mol. The van der Waals surface area contributed by atoms with Crippen molar-refractivity contribution < 1.29 is 4.79 Å². The molecule has 1 amide bonds. The minimum absolute atomic E-state index is 0.200. The summed E-state index contributed by atoms with van der Waals surface area (Å²) < 4.78 is 0. The largest absolute Gasteiger partial charge is 0.336 e. The minimum Gasteiger partial charge on any atom is -0.336 e. The maximum Gasteiger partial charge on any atom is 0.253 e. The molecule has 15 heavy (non-hydrogen) atoms. The van der Waals surface area contributed by atoms with Crippen LogP contribution >= 0.6 is 11.8 Å². The predicted molar refractivity (Wildman–Crippen MR) is 60.8 cm³/mol. The highest BCUT2D eigenvalue weighted by atomic mass is 32.2. The lowest BCUT2D eigenvalue weighted by molar-refractivity contribution is 0.0945. The number of amides is 1. The number of hydrogen-bond acceptors (Lipinski definition) is 3. The van der Waals surface area contributed by atoms with Gasteiger partial charge in [0.25, 0.3) is 5.91 Å². The molecule has 0 saturated heterocycles. The average molecular weight is 220 g/mol. The summed E-state index contributed by atoms with van der Waals surface area (Å²) in [5.41, 5.74) is 0.618. The average Bonchev–Trinajstić information content (AvgIpc) is 2.28. The summed E-state index contributed by atoms with van der Waals surface area (Å²) in [5.74, 6) is -0.200. The smallest absolute Gasteiger partial charge is 0.253 e. The summed E-state index contributed by atoms with van der Waals surface area (Å²) in [7, 11) is 0. The number of thioether (sulfide) groups is 1. The lowest BCUT2D eigenvalue weighted by Gasteiger charge is -2.09. The van der Waals surface area contributed by atoms with Gasteiger partial charge in [-0.05, 0) is 25.3 Å². The third kappa shape index (κ3) is 3.00. The van der Waals surface area contributed by atoms with Gasteiger partial charge in [-0.1, -0.05) is 12.1 Å². The molecule has 78 valence electrons. The number of rotatable bonds is 3. The van der Waals surface area contributed by atoms with Crippen LogP contribution in [0.15, 0.2) is 29.2 Å². The summed E-state index contributed by atoms with van der Waals surface area (Å²) in [6.07, 6.45) is 1.92. The molecule has 1 aromatic carbocycles. The van der Waals surface area contributed by atoms with E-state index in [1.807, 2.05) is 30.5 Å². The molecule has 1 unspecified atom stereocenters. The van der Waals surface area contributed by atoms with Crippen LogP contribution in [0.5, 0.6) is 0 Å². The van der Waals surface area contributed by atoms with Crippen LogP contribution in [0.25, 0.3) is 0 Å². The van der Waals surface area contributed by atoms with E-state index in [9.17, 15) is 4.79 Å². The molecule has 0 aliphatic heterocycles. The Kier molecular flexibility index (Phi) is 4.19. The van der Waals surface area contributed by atoms with Crippen molar-refractivity contribution in [1.82, 2.24) is 5.32 Å². The number of carbonyl (C=O) groups is 1. The van der Waals surface area contributed by atoms with Crippen molar-refractivity contribution >= 4 is 17.7 Å². The van der Waals surface area contributed by atoms with Crippen LogP contribution in [0.3, 0.4) is 0 Å². The van der Waals surface area contributed by atoms with E-state index in [1.165, 1.54) is 11.8 Å². The fourth-order valence-electron chi connectivity index (χ4n) is 1.14. The topological polar surface area (TPSA) is 52.9 Å². The van der Waals surface area contributed by atoms with Gasteiger partial charge in [-0.2, -0.15) is 5.26 Å². The number of nitriles is 1. The van der Waals surface area contributed by atoms with E-state index < -0.39 is 6.04 Å². The number of benzene rings is 1. The van der Waals surface area contributed by atoms with Crippen LogP contribution < -0.4 is 5.32 Å². The highest BCUT2D eigenvalue weighted by Gasteiger charge is 2.11. The molecule has 0 spiro atoms. The van der Waals surface area contributed by atoms with Gasteiger partial charge in [-0.3, -0.25) is 4.79 Å². The standard InChI is InChI=1S/C11H12N2OS/c1-8(7-12)13-11(14)9-5-3-4-6-10(9)15-2/h3-6,8H,1-2H3,(H,13,14). The molecule has 0 aliphatic rings. The van der Waals surface area contributed by atoms with E-state index in [0.717, 1.165) is 4.90 Å². The van der Waals surface area contributed by atoms with Crippen LogP contribution in [0.4, 0.5) is 0 Å². The molecule has 0 aliphatic carbocycles. The van der Waals surface area contributed by atoms with Crippen molar-refractivity contribution in [2.75, 3.05) is 6.26 Å². The highest BCUT2D eigenvalue weighted by Crippen LogP contribution is 2.19. The summed E-state index contributed by atoms with van der Waals surface area (Å²) in [4.78, 5) is 12.6. The van der Waals surface area contributed by atoms with Crippen molar-refractivity contribution in [3.63, 3.8) is 0 Å². The van der Waals surface area contributed by atoms with Crippen LogP contribution in [0.2, 0.25) is 0 Å². The highest BCUT2D eigenvalue weighted by molar-refractivity contribution is 7.98. The SMILES string of the molecule is CSc1ccccc1C(=O)NC(C)C#N. The van der Waals surface area contributed by atoms with Gasteiger partial charge in [-0.25, -0.2) is 0 Å². The van der Waals surface area contributed by atoms with Crippen molar-refractivity contribution in [2.24, 2.45) is 0 Å². The fourth-order valence-corrected chi connectivity index (χ4v) is 1.73. The first-order chi connectivity index (χ1) is 7.19. The second kappa shape index (κ2) is 5.42. The summed E-state index contributed by atoms with van der Waals surface area (Å²) in [6.45, 7) is 1.65. The molecule has 1 rings (SSSR count). The lowest BCUT2D eigenvalue weighted by Crippen LogP contribution is -2.31. The van der Waals surface area contributed by atoms with E-state index >= 15 is 0 Å². The number of nitrogens with zero attached hydrogens (tertiary/aromatic N) is 1. The first-order valence-electron chi connectivity index (χ1n) is 4.52. The third-order valence-corrected chi connectivity index (χ3v) is 2.69. The van der Waals surface area contributed by atoms with E-state index in [1.54, 1.807) is 13.0 Å². The normalized spacial score (nSPS) is 11.5. The zero-order valence-corrected chi connectivity index (χ0v) is 9.47. The molecule has 1 N–H and O–H groups in total. The van der Waals surface area contributed by atoms with E-state index in [2.05, 4.69) is 5.32 Å². The predicted octanol–water partition coefficient (Wildman–Crippen LogP) is 2.05. The van der Waals surface area contributed by atoms with Crippen molar-refractivity contribution in [2.45, 2.75) is 17.9 Å². The van der Waals surface area contributed by atoms with Gasteiger partial charge >= 0.3 is 0 Å². The molecular formula is C11H12N2OS. The van der Waals surface area contributed by atoms with Gasteiger partial charge in [0.1, 0.15) is 6.04 Å². The van der Waals surface area contributed by atoms with Gasteiger partial charge in [0.05, 0.1) is 11.6 Å². The van der Waals surface area contributed by atoms with E-state index in [-0.39, 0.29) is 5.91 Å². The second-order valence-electron chi connectivity index (χ2n) is 3.02. The Morgan fingerprint density at radius 2 is 2.20 bits per heavy atom. The molecule has 0 radical (unpaired) electrons. The van der Waals surface area contributed by atoms with E-state index in [0.29, 0.717) is 5.56 Å². The first kappa shape index (κ1) is 11.6. The summed E-state index contributed by atoms with van der Waals surface area (Å²) in [5, 5.41) is 11.2. The Balaban J connectivity index is 2.87. The number of hydrogen-bond donors (Lipinski definition) is 1. The van der Waals surface area contributed by atoms with Crippen LogP contribution in [-0.4, -0.2) is 18.2 Å². The van der Waals surface area contributed by atoms with Gasteiger partial charge in [0, 0.05) is 4.90 Å². The number of carbonyl (C=O) groups excluding carboxylic acids is 1. The Morgan fingerprint density at radius 3 is 2.80 bits per heavy atom. The molecule has 0 aromatic heterocycles. The van der Waals surface area contributed by atoms with Crippen molar-refractivity contribution in [1.29, 1.82) is 5.26 Å². The molecule has 1 aromatic rings. The molecule has 4 heteroatoms. The maximum atomic E-state index is 11.7. The van der Waals surface area contributed by atoms with Crippen LogP contribution in [0, 0.1) is 11.3 Å². The maximum absolute atomic E-state index is 11.7. The quantitative estimate of drug-likeness (QED) is 0.793. The van der Waals surface area contributed by atoms with Crippen LogP contribution in [-0.2, 0) is 0 Å². The molecule has 0 bridgehead atoms. The van der Waals surface area contributed by atoms with E-state index in [4.69, 9.17) is 5.26 Å². The molecule has 0 fully saturated rings. The van der Waals surface area contributed by atoms with Gasteiger partial charge < -0.3 is 5.32 Å². The number of nitrogens with one attached hydrogen (secondary N) is 1. The van der Waals surface area contributed by atoms with Crippen LogP contribution in [0.1, 0.15) is 17.3 Å². The monoisotopic (exact) mass is 220 g/mol. The zero-order valence-electron chi connectivity index (χ0n) is 8.65. The van der Waals surface area contributed by atoms with Gasteiger partial charge in [-0.15, -0.1) is 11.8 Å². The van der Waals surface area contributed by atoms with Crippen molar-refractivity contribution in [3.8, 4) is 6.07 Å². The Labute approximate surface area is 93.5 Å². The third-order valence-electron chi connectivity index (χ3n) is 1.89. The fraction of sp³-hybridized carbons (Fsp3) is 0.273. The molecule has 1 atom stereocenters. The first-order valence-corrected chi connectivity index (χ1v) is 5.75. The summed E-state index contributed by atoms with van der Waals surface area (Å²) in [6, 6.07) is 8.84. The van der Waals surface area contributed by atoms with Gasteiger partial charge in [0.15, 0.2) is 0 Å². The molecule has 0 saturated carbocycles. The lowest BCUT2D eigenvalue weighted by atomic mass is 10.2. The Hall–Kier alpha value is -1.47. The zero-order chi connectivity index (χ0) is 11.3. The minimum atomic E-state index is -0.465. The Bertz CT molecular complexity index is 398. The molecule has 3 nitrogen and oxygen atoms in total.